The monoisotopic (exact) mass is 1000 g/mol. The van der Waals surface area contributed by atoms with Crippen molar-refractivity contribution in [2.24, 2.45) is 11.3 Å². The standard InChI is InChI=1S/C55H72N8O10/c1-8-62-46-16-15-37-30-41(46)42(49(62)40-12-9-18-56-45(40)32-71-7)31-54(4,5)34-73-52(68)43-13-10-20-63(58-43)51(67)44(28-36-26-38(37)29-39(64)27-36)57-50(66)48(35(2)3)59(6)53(69)55(70)17-21-61(33-55)47(65)14-11-19-60-22-24-72-25-23-60/h9,11-12,14-16,18,26-27,29-30,35,43-44,48,58,64,70H,8,10,13,17,19-25,28,31-34H2,1-7H3,(H,57,66)/b14-11+/t43-,44-,48-,55?/m0/s1. The van der Waals surface area contributed by atoms with Crippen molar-refractivity contribution in [3.05, 3.63) is 83.7 Å². The van der Waals surface area contributed by atoms with Crippen LogP contribution in [0.2, 0.25) is 0 Å². The van der Waals surface area contributed by atoms with Gasteiger partial charge in [0.1, 0.15) is 23.9 Å². The molecule has 2 aromatic heterocycles. The number of carbonyl (C=O) groups is 5. The number of nitrogens with one attached hydrogen (secondary N) is 2. The van der Waals surface area contributed by atoms with Crippen molar-refractivity contribution in [3.8, 4) is 28.1 Å². The molecule has 6 bridgehead atoms. The number of benzene rings is 2. The van der Waals surface area contributed by atoms with Crippen LogP contribution in [-0.4, -0.2) is 166 Å². The number of likely N-dealkylation sites (tertiary alicyclic amines) is 1. The van der Waals surface area contributed by atoms with Gasteiger partial charge in [-0.05, 0) is 90.8 Å². The fourth-order valence-electron chi connectivity index (χ4n) is 10.9. The number of ether oxygens (including phenoxy) is 3. The Morgan fingerprint density at radius 2 is 1.84 bits per heavy atom. The summed E-state index contributed by atoms with van der Waals surface area (Å²) in [5.74, 6) is -3.24. The molecule has 8 rings (SSSR count). The van der Waals surface area contributed by atoms with Crippen molar-refractivity contribution >= 4 is 40.5 Å². The summed E-state index contributed by atoms with van der Waals surface area (Å²) in [6.45, 7) is 14.3. The largest absolute Gasteiger partial charge is 0.508 e. The number of pyridine rings is 1. The molecular weight excluding hydrogens is 933 g/mol. The van der Waals surface area contributed by atoms with Gasteiger partial charge in [-0.25, -0.2) is 5.43 Å². The first kappa shape index (κ1) is 53.1. The molecule has 0 radical (unpaired) electrons. The molecule has 4 aliphatic rings. The van der Waals surface area contributed by atoms with Crippen LogP contribution in [0.25, 0.3) is 33.3 Å². The van der Waals surface area contributed by atoms with Gasteiger partial charge in [0.15, 0.2) is 5.60 Å². The van der Waals surface area contributed by atoms with Gasteiger partial charge in [0.2, 0.25) is 11.8 Å². The van der Waals surface area contributed by atoms with E-state index in [9.17, 15) is 34.2 Å². The smallest absolute Gasteiger partial charge is 0.324 e. The van der Waals surface area contributed by atoms with Crippen LogP contribution in [0.1, 0.15) is 70.7 Å². The van der Waals surface area contributed by atoms with Crippen LogP contribution in [0.15, 0.2) is 66.9 Å². The molecule has 392 valence electrons. The topological polar surface area (TPSA) is 208 Å². The number of esters is 1. The second-order valence-electron chi connectivity index (χ2n) is 21.1. The number of phenolic OH excluding ortho intramolecular Hbond substituents is 1. The van der Waals surface area contributed by atoms with Gasteiger partial charge in [-0.3, -0.25) is 38.9 Å². The third-order valence-corrected chi connectivity index (χ3v) is 14.6. The summed E-state index contributed by atoms with van der Waals surface area (Å²) in [5.41, 5.74) is 7.39. The zero-order chi connectivity index (χ0) is 52.2. The lowest BCUT2D eigenvalue weighted by Crippen LogP contribution is -2.63. The van der Waals surface area contributed by atoms with E-state index in [2.05, 4.69) is 59.2 Å². The van der Waals surface area contributed by atoms with Crippen LogP contribution < -0.4 is 10.7 Å². The summed E-state index contributed by atoms with van der Waals surface area (Å²) < 4.78 is 19.4. The van der Waals surface area contributed by atoms with Gasteiger partial charge >= 0.3 is 5.97 Å². The number of methoxy groups -OCH3 is 1. The molecule has 3 saturated heterocycles. The molecule has 0 spiro atoms. The molecule has 4 amide bonds. The van der Waals surface area contributed by atoms with Gasteiger partial charge in [-0.1, -0.05) is 45.9 Å². The minimum atomic E-state index is -1.95. The van der Waals surface area contributed by atoms with E-state index in [0.717, 1.165) is 52.1 Å². The number of fused-ring (bicyclic) bond motifs is 6. The molecule has 4 atom stereocenters. The number of likely N-dealkylation sites (N-methyl/N-ethyl adjacent to an activating group) is 1. The molecule has 18 heteroatoms. The summed E-state index contributed by atoms with van der Waals surface area (Å²) in [6, 6.07) is 12.1. The maximum absolute atomic E-state index is 14.8. The lowest BCUT2D eigenvalue weighted by molar-refractivity contribution is -0.156. The summed E-state index contributed by atoms with van der Waals surface area (Å²) in [7, 11) is 3.09. The number of aromatic nitrogens is 2. The van der Waals surface area contributed by atoms with E-state index >= 15 is 0 Å². The lowest BCUT2D eigenvalue weighted by atomic mass is 9.84. The summed E-state index contributed by atoms with van der Waals surface area (Å²) in [6.07, 6.45) is 6.32. The number of rotatable bonds is 12. The van der Waals surface area contributed by atoms with Crippen LogP contribution in [-0.2, 0) is 64.2 Å². The van der Waals surface area contributed by atoms with Crippen molar-refractivity contribution in [2.75, 3.05) is 73.2 Å². The molecule has 3 fully saturated rings. The number of amides is 4. The van der Waals surface area contributed by atoms with Gasteiger partial charge in [0.05, 0.1) is 44.4 Å². The van der Waals surface area contributed by atoms with E-state index in [1.807, 2.05) is 18.2 Å². The van der Waals surface area contributed by atoms with Crippen LogP contribution in [0.5, 0.6) is 5.75 Å². The highest BCUT2D eigenvalue weighted by atomic mass is 16.5. The Hall–Kier alpha value is -6.18. The first-order chi connectivity index (χ1) is 34.9. The van der Waals surface area contributed by atoms with E-state index in [4.69, 9.17) is 19.2 Å². The average Bonchev–Trinajstić information content (AvgIpc) is 3.92. The molecule has 4 N–H and O–H groups in total. The SMILES string of the molecule is CCn1c(-c2cccnc2COC)c2c3cc(ccc31)-c1cc(O)cc(c1)C[C@H](NC(=O)[C@H](C(C)C)N(C)C(=O)C1(O)CCN(C(=O)/C=C/CN3CCOCC3)C1)C(=O)N1CCC[C@H](N1)C(=O)OCC(C)(C)C2. The number of cyclic esters (lactones) is 1. The van der Waals surface area contributed by atoms with Crippen LogP contribution in [0.3, 0.4) is 0 Å². The fraction of sp³-hybridized carbons (Fsp3) is 0.527. The molecule has 1 unspecified atom stereocenters. The molecule has 73 heavy (non-hydrogen) atoms. The maximum atomic E-state index is 14.8. The third kappa shape index (κ3) is 11.8. The Balaban J connectivity index is 1.11. The highest BCUT2D eigenvalue weighted by molar-refractivity contribution is 5.97. The van der Waals surface area contributed by atoms with E-state index in [1.54, 1.807) is 45.4 Å². The number of morpholine rings is 1. The molecule has 4 aromatic rings. The maximum Gasteiger partial charge on any atom is 0.324 e. The number of β-amino-alcohol motifs (C(OH)–C–C–N with tert-alkyl or cyclic N) is 1. The van der Waals surface area contributed by atoms with Gasteiger partial charge in [-0.2, -0.15) is 0 Å². The Morgan fingerprint density at radius 3 is 2.58 bits per heavy atom. The van der Waals surface area contributed by atoms with Crippen molar-refractivity contribution in [1.29, 1.82) is 0 Å². The zero-order valence-electron chi connectivity index (χ0n) is 43.3. The predicted molar refractivity (Wildman–Crippen MR) is 275 cm³/mol. The fourth-order valence-corrected chi connectivity index (χ4v) is 10.9. The Kier molecular flexibility index (Phi) is 16.4. The number of carbonyl (C=O) groups excluding carboxylic acids is 5. The normalized spacial score (nSPS) is 22.4. The van der Waals surface area contributed by atoms with Gasteiger partial charge < -0.3 is 44.1 Å². The summed E-state index contributed by atoms with van der Waals surface area (Å²) in [4.78, 5) is 80.5. The van der Waals surface area contributed by atoms with Crippen molar-refractivity contribution in [3.63, 3.8) is 0 Å². The first-order valence-electron chi connectivity index (χ1n) is 25.6. The van der Waals surface area contributed by atoms with Crippen LogP contribution in [0.4, 0.5) is 0 Å². The number of phenols is 1. The Labute approximate surface area is 427 Å². The second-order valence-corrected chi connectivity index (χ2v) is 21.1. The number of nitrogens with zero attached hydrogens (tertiary/aromatic N) is 6. The van der Waals surface area contributed by atoms with E-state index in [0.29, 0.717) is 63.3 Å². The van der Waals surface area contributed by atoms with E-state index in [-0.39, 0.29) is 50.7 Å². The van der Waals surface area contributed by atoms with Gasteiger partial charge in [0.25, 0.3) is 11.8 Å². The molecule has 0 aliphatic carbocycles. The number of aliphatic hydroxyl groups is 1. The van der Waals surface area contributed by atoms with Gasteiger partial charge in [-0.15, -0.1) is 0 Å². The third-order valence-electron chi connectivity index (χ3n) is 14.6. The number of aryl methyl sites for hydroxylation is 1. The number of hydrogen-bond acceptors (Lipinski definition) is 13. The van der Waals surface area contributed by atoms with E-state index in [1.165, 1.54) is 27.9 Å². The molecule has 18 nitrogen and oxygen atoms in total. The Morgan fingerprint density at radius 1 is 1.05 bits per heavy atom. The lowest BCUT2D eigenvalue weighted by Gasteiger charge is -2.37. The van der Waals surface area contributed by atoms with E-state index < -0.39 is 58.8 Å². The van der Waals surface area contributed by atoms with Crippen LogP contribution in [0, 0.1) is 11.3 Å². The molecule has 2 aromatic carbocycles. The van der Waals surface area contributed by atoms with Gasteiger partial charge in [0, 0.05) is 100 Å². The number of hydrogen-bond donors (Lipinski definition) is 4. The van der Waals surface area contributed by atoms with Crippen molar-refractivity contribution in [2.45, 2.75) is 104 Å². The average molecular weight is 1010 g/mol. The quantitative estimate of drug-likeness (QED) is 0.116. The van der Waals surface area contributed by atoms with Crippen molar-refractivity contribution < 1.29 is 48.4 Å². The first-order valence-corrected chi connectivity index (χ1v) is 25.6. The second kappa shape index (κ2) is 22.5. The number of aromatic hydroxyl groups is 1. The molecule has 4 aliphatic heterocycles. The van der Waals surface area contributed by atoms with Crippen LogP contribution >= 0.6 is 0 Å². The minimum absolute atomic E-state index is 0.0199. The summed E-state index contributed by atoms with van der Waals surface area (Å²) in [5, 5.41) is 28.5. The molecular formula is C55H72N8O10. The van der Waals surface area contributed by atoms with Crippen molar-refractivity contribution in [1.82, 2.24) is 40.0 Å². The molecule has 0 saturated carbocycles. The minimum Gasteiger partial charge on any atom is -0.508 e. The zero-order valence-corrected chi connectivity index (χ0v) is 43.3. The highest BCUT2D eigenvalue weighted by Gasteiger charge is 2.48. The predicted octanol–water partition coefficient (Wildman–Crippen LogP) is 4.23. The Bertz CT molecular complexity index is 2730. The molecule has 6 heterocycles. The number of hydrazine groups is 1. The summed E-state index contributed by atoms with van der Waals surface area (Å²) >= 11 is 0. The highest BCUT2D eigenvalue weighted by Crippen LogP contribution is 2.41.